The number of alkyl halides is 1. The van der Waals surface area contributed by atoms with Crippen molar-refractivity contribution in [2.45, 2.75) is 94.0 Å². The van der Waals surface area contributed by atoms with E-state index in [1.165, 1.54) is 4.90 Å². The van der Waals surface area contributed by atoms with Gasteiger partial charge in [0.15, 0.2) is 0 Å². The van der Waals surface area contributed by atoms with Crippen molar-refractivity contribution in [1.82, 2.24) is 15.1 Å². The van der Waals surface area contributed by atoms with E-state index in [0.29, 0.717) is 31.5 Å². The van der Waals surface area contributed by atoms with E-state index in [-0.39, 0.29) is 48.0 Å². The Hall–Kier alpha value is -3.02. The summed E-state index contributed by atoms with van der Waals surface area (Å²) in [6.07, 6.45) is 5.68. The summed E-state index contributed by atoms with van der Waals surface area (Å²) >= 11 is 3.72. The quantitative estimate of drug-likeness (QED) is 0.100. The smallest absolute Gasteiger partial charge is 0.313 e. The van der Waals surface area contributed by atoms with Gasteiger partial charge < -0.3 is 29.7 Å². The van der Waals surface area contributed by atoms with Gasteiger partial charge in [-0.1, -0.05) is 92.0 Å². The molecule has 4 rings (SSSR count). The highest BCUT2D eigenvalue weighted by Gasteiger charge is 2.77. The van der Waals surface area contributed by atoms with Crippen molar-refractivity contribution >= 4 is 39.6 Å². The first-order valence-corrected chi connectivity index (χ1v) is 17.7. The number of halogens is 1. The predicted molar refractivity (Wildman–Crippen MR) is 182 cm³/mol. The molecule has 3 heterocycles. The number of amides is 3. The third-order valence-electron chi connectivity index (χ3n) is 9.73. The van der Waals surface area contributed by atoms with Crippen LogP contribution >= 0.6 is 15.9 Å². The Balaban J connectivity index is 1.70. The molecule has 0 radical (unpaired) electrons. The first kappa shape index (κ1) is 36.8. The molecule has 3 saturated heterocycles. The van der Waals surface area contributed by atoms with Crippen molar-refractivity contribution in [2.75, 3.05) is 26.2 Å². The second-order valence-electron chi connectivity index (χ2n) is 13.2. The summed E-state index contributed by atoms with van der Waals surface area (Å²) in [4.78, 5) is 58.8. The van der Waals surface area contributed by atoms with Crippen LogP contribution in [0.4, 0.5) is 0 Å². The highest BCUT2D eigenvalue weighted by atomic mass is 79.9. The standard InChI is InChI=1S/C36H50BrN3O7/c1-6-9-14-19-39(18-8-3)34(44)32-36-20-25(37)31(47-36)29(30(36)33(43)40(32)26(22-41)23(4)5)35(45)46-27(24-15-12-11-13-16-24)21-38-28(42)17-10-7-2/h7-8,11-13,15-16,23,25-27,29-32,41H,2-3,6,9-10,14,17-22H2,1,4-5H3,(H,38,42)/t25?,26-,27-,29+,30-,31+,32+,36-/m0/s1. The summed E-state index contributed by atoms with van der Waals surface area (Å²) in [7, 11) is 0. The molecular formula is C36H50BrN3O7. The van der Waals surface area contributed by atoms with Gasteiger partial charge in [-0.15, -0.1) is 13.2 Å². The number of unbranched alkanes of at least 4 members (excludes halogenated alkanes) is 2. The van der Waals surface area contributed by atoms with Crippen LogP contribution in [0.25, 0.3) is 0 Å². The molecule has 0 saturated carbocycles. The number of carbonyl (C=O) groups is 4. The Morgan fingerprint density at radius 2 is 1.94 bits per heavy atom. The number of benzene rings is 1. The topological polar surface area (TPSA) is 125 Å². The summed E-state index contributed by atoms with van der Waals surface area (Å²) in [5, 5.41) is 13.4. The Bertz CT molecular complexity index is 1290. The number of hydrogen-bond donors (Lipinski definition) is 2. The van der Waals surface area contributed by atoms with E-state index in [0.717, 1.165) is 19.3 Å². The average Bonchev–Trinajstić information content (AvgIpc) is 3.65. The highest BCUT2D eigenvalue weighted by molar-refractivity contribution is 9.09. The number of carbonyl (C=O) groups excluding carboxylic acids is 4. The zero-order chi connectivity index (χ0) is 34.3. The largest absolute Gasteiger partial charge is 0.455 e. The maximum Gasteiger partial charge on any atom is 0.313 e. The van der Waals surface area contributed by atoms with E-state index < -0.39 is 47.7 Å². The molecule has 2 bridgehead atoms. The number of nitrogens with zero attached hydrogens (tertiary/aromatic N) is 2. The lowest BCUT2D eigenvalue weighted by molar-refractivity contribution is -0.161. The second kappa shape index (κ2) is 16.4. The number of hydrogen-bond acceptors (Lipinski definition) is 7. The predicted octanol–water partition coefficient (Wildman–Crippen LogP) is 4.32. The van der Waals surface area contributed by atoms with E-state index >= 15 is 0 Å². The average molecular weight is 717 g/mol. The monoisotopic (exact) mass is 715 g/mol. The number of aliphatic hydroxyl groups is 1. The van der Waals surface area contributed by atoms with E-state index in [1.54, 1.807) is 17.1 Å². The van der Waals surface area contributed by atoms with Gasteiger partial charge in [0, 0.05) is 24.3 Å². The number of aliphatic hydroxyl groups excluding tert-OH is 1. The Kier molecular flexibility index (Phi) is 12.8. The molecule has 10 nitrogen and oxygen atoms in total. The Morgan fingerprint density at radius 1 is 1.21 bits per heavy atom. The summed E-state index contributed by atoms with van der Waals surface area (Å²) in [6, 6.07) is 7.44. The van der Waals surface area contributed by atoms with Gasteiger partial charge in [0.25, 0.3) is 0 Å². The number of allylic oxidation sites excluding steroid dienone is 1. The van der Waals surface area contributed by atoms with Crippen LogP contribution in [-0.4, -0.2) is 93.5 Å². The van der Waals surface area contributed by atoms with Crippen molar-refractivity contribution in [3.05, 3.63) is 61.2 Å². The summed E-state index contributed by atoms with van der Waals surface area (Å²) < 4.78 is 12.8. The van der Waals surface area contributed by atoms with Crippen LogP contribution in [0.3, 0.4) is 0 Å². The van der Waals surface area contributed by atoms with Gasteiger partial charge in [-0.3, -0.25) is 19.2 Å². The van der Waals surface area contributed by atoms with E-state index in [9.17, 15) is 24.3 Å². The number of fused-ring (bicyclic) bond motifs is 1. The minimum atomic E-state index is -1.29. The fourth-order valence-electron chi connectivity index (χ4n) is 7.41. The van der Waals surface area contributed by atoms with Crippen molar-refractivity contribution < 1.29 is 33.8 Å². The fourth-order valence-corrected chi connectivity index (χ4v) is 8.35. The molecule has 3 amide bonds. The number of nitrogens with one attached hydrogen (secondary N) is 1. The molecule has 3 aliphatic rings. The van der Waals surface area contributed by atoms with Gasteiger partial charge in [-0.05, 0) is 30.7 Å². The van der Waals surface area contributed by atoms with Gasteiger partial charge in [0.05, 0.1) is 37.1 Å². The van der Waals surface area contributed by atoms with Gasteiger partial charge >= 0.3 is 5.97 Å². The molecule has 1 aromatic carbocycles. The Labute approximate surface area is 287 Å². The van der Waals surface area contributed by atoms with Crippen LogP contribution in [0.2, 0.25) is 0 Å². The van der Waals surface area contributed by atoms with Gasteiger partial charge in [0.2, 0.25) is 17.7 Å². The lowest BCUT2D eigenvalue weighted by Crippen LogP contribution is -2.60. The third kappa shape index (κ3) is 7.52. The molecule has 3 aliphatic heterocycles. The zero-order valence-electron chi connectivity index (χ0n) is 27.8. The first-order chi connectivity index (χ1) is 22.6. The van der Waals surface area contributed by atoms with Crippen LogP contribution < -0.4 is 5.32 Å². The van der Waals surface area contributed by atoms with Gasteiger partial charge in [0.1, 0.15) is 17.7 Å². The molecule has 11 heteroatoms. The van der Waals surface area contributed by atoms with Crippen molar-refractivity contribution in [2.24, 2.45) is 17.8 Å². The van der Waals surface area contributed by atoms with Gasteiger partial charge in [-0.2, -0.15) is 0 Å². The maximum atomic E-state index is 14.6. The lowest BCUT2D eigenvalue weighted by Gasteiger charge is -2.40. The lowest BCUT2D eigenvalue weighted by atomic mass is 9.70. The molecule has 0 aromatic heterocycles. The normalized spacial score (nSPS) is 27.3. The molecule has 1 spiro atoms. The van der Waals surface area contributed by atoms with Gasteiger partial charge in [-0.25, -0.2) is 0 Å². The number of likely N-dealkylation sites (tertiary alicyclic amines) is 1. The molecule has 1 unspecified atom stereocenters. The molecule has 1 aromatic rings. The van der Waals surface area contributed by atoms with E-state index in [1.807, 2.05) is 44.2 Å². The van der Waals surface area contributed by atoms with E-state index in [2.05, 4.69) is 41.3 Å². The van der Waals surface area contributed by atoms with Crippen molar-refractivity contribution in [3.8, 4) is 0 Å². The summed E-state index contributed by atoms with van der Waals surface area (Å²) in [5.41, 5.74) is -0.594. The number of ether oxygens (including phenoxy) is 2. The van der Waals surface area contributed by atoms with Crippen LogP contribution in [0.5, 0.6) is 0 Å². The maximum absolute atomic E-state index is 14.6. The second-order valence-corrected chi connectivity index (χ2v) is 14.3. The van der Waals surface area contributed by atoms with Crippen molar-refractivity contribution in [1.29, 1.82) is 0 Å². The molecule has 2 N–H and O–H groups in total. The molecule has 8 atom stereocenters. The molecule has 0 aliphatic carbocycles. The number of rotatable bonds is 18. The van der Waals surface area contributed by atoms with Crippen LogP contribution in [0.1, 0.15) is 71.0 Å². The molecule has 258 valence electrons. The summed E-state index contributed by atoms with van der Waals surface area (Å²) in [5.74, 6) is -3.62. The SMILES string of the molecule is C=CCCC(=O)NC[C@H](OC(=O)[C@H]1[C@@H]2O[C@@]3(CC2Br)[C@@H]1C(=O)N([C@@H](CO)C(C)C)[C@@H]3C(=O)N(CC=C)CCCCC)c1ccccc1. The zero-order valence-corrected chi connectivity index (χ0v) is 29.4. The number of esters is 1. The Morgan fingerprint density at radius 3 is 2.55 bits per heavy atom. The molecule has 3 fully saturated rings. The van der Waals surface area contributed by atoms with Crippen LogP contribution in [0, 0.1) is 17.8 Å². The van der Waals surface area contributed by atoms with Crippen LogP contribution in [-0.2, 0) is 28.7 Å². The summed E-state index contributed by atoms with van der Waals surface area (Å²) in [6.45, 7) is 13.9. The minimum absolute atomic E-state index is 0.0485. The van der Waals surface area contributed by atoms with Crippen molar-refractivity contribution in [3.63, 3.8) is 0 Å². The van der Waals surface area contributed by atoms with E-state index in [4.69, 9.17) is 9.47 Å². The fraction of sp³-hybridized carbons (Fsp3) is 0.611. The molecule has 47 heavy (non-hydrogen) atoms. The third-order valence-corrected chi connectivity index (χ3v) is 10.6. The minimum Gasteiger partial charge on any atom is -0.455 e. The van der Waals surface area contributed by atoms with Crippen LogP contribution in [0.15, 0.2) is 55.6 Å². The highest BCUT2D eigenvalue weighted by Crippen LogP contribution is 2.61. The first-order valence-electron chi connectivity index (χ1n) is 16.8. The molecular weight excluding hydrogens is 666 g/mol.